The van der Waals surface area contributed by atoms with Gasteiger partial charge in [-0.25, -0.2) is 4.98 Å². The first kappa shape index (κ1) is 7.41. The number of hydrogen-bond acceptors (Lipinski definition) is 2. The number of hydrogen-bond donors (Lipinski definition) is 0. The Kier molecular flexibility index (Phi) is 2.17. The number of aromatic nitrogens is 1. The van der Waals surface area contributed by atoms with Crippen molar-refractivity contribution in [2.24, 2.45) is 0 Å². The molecule has 1 aromatic heterocycles. The fraction of sp³-hybridized carbons (Fsp3) is 0.143. The molecule has 0 radical (unpaired) electrons. The van der Waals surface area contributed by atoms with Gasteiger partial charge in [0.1, 0.15) is 10.3 Å². The van der Waals surface area contributed by atoms with Crippen molar-refractivity contribution in [2.75, 3.05) is 0 Å². The predicted octanol–water partition coefficient (Wildman–Crippen LogP) is 1.97. The topological polar surface area (TPSA) is 30.0 Å². The summed E-state index contributed by atoms with van der Waals surface area (Å²) in [5.74, 6) is 0. The maximum Gasteiger partial charge on any atom is 0.168 e. The van der Waals surface area contributed by atoms with E-state index in [1.54, 1.807) is 6.07 Å². The van der Waals surface area contributed by atoms with Crippen LogP contribution in [0.3, 0.4) is 0 Å². The van der Waals surface area contributed by atoms with Crippen LogP contribution in [-0.2, 0) is 0 Å². The minimum atomic E-state index is 0.465. The van der Waals surface area contributed by atoms with E-state index in [9.17, 15) is 4.79 Å². The summed E-state index contributed by atoms with van der Waals surface area (Å²) in [6, 6.07) is 3.59. The molecule has 0 aliphatic carbocycles. The summed E-state index contributed by atoms with van der Waals surface area (Å²) in [5.41, 5.74) is 1.50. The largest absolute Gasteiger partial charge is 0.296 e. The fourth-order valence-electron chi connectivity index (χ4n) is 0.711. The van der Waals surface area contributed by atoms with E-state index in [0.717, 1.165) is 11.8 Å². The Morgan fingerprint density at radius 1 is 1.60 bits per heavy atom. The van der Waals surface area contributed by atoms with E-state index in [2.05, 4.69) is 20.9 Å². The second-order valence-electron chi connectivity index (χ2n) is 2.01. The lowest BCUT2D eigenvalue weighted by Gasteiger charge is -1.94. The molecule has 10 heavy (non-hydrogen) atoms. The van der Waals surface area contributed by atoms with Crippen molar-refractivity contribution >= 4 is 22.2 Å². The van der Waals surface area contributed by atoms with Gasteiger partial charge in [0.2, 0.25) is 0 Å². The van der Waals surface area contributed by atoms with Crippen molar-refractivity contribution in [3.63, 3.8) is 0 Å². The number of carbonyl (C=O) groups is 1. The third kappa shape index (κ3) is 1.64. The predicted molar refractivity (Wildman–Crippen MR) is 42.1 cm³/mol. The molecule has 0 aliphatic rings. The average molecular weight is 200 g/mol. The Bertz CT molecular complexity index is 240. The Morgan fingerprint density at radius 3 is 2.80 bits per heavy atom. The van der Waals surface area contributed by atoms with Crippen LogP contribution in [0.1, 0.15) is 16.1 Å². The van der Waals surface area contributed by atoms with Crippen LogP contribution >= 0.6 is 15.9 Å². The molecule has 0 amide bonds. The number of pyridine rings is 1. The minimum Gasteiger partial charge on any atom is -0.296 e. The standard InChI is InChI=1S/C7H6BrNO/c1-5-2-6(4-10)9-7(8)3-5/h2-4H,1H3. The van der Waals surface area contributed by atoms with Gasteiger partial charge >= 0.3 is 0 Å². The average Bonchev–Trinajstić information content (AvgIpc) is 1.85. The molecule has 0 aromatic carbocycles. The normalized spacial score (nSPS) is 9.40. The van der Waals surface area contributed by atoms with Gasteiger partial charge in [-0.3, -0.25) is 4.79 Å². The van der Waals surface area contributed by atoms with Crippen LogP contribution in [0.5, 0.6) is 0 Å². The zero-order chi connectivity index (χ0) is 7.56. The summed E-state index contributed by atoms with van der Waals surface area (Å²) in [6.07, 6.45) is 0.734. The van der Waals surface area contributed by atoms with Crippen LogP contribution in [0, 0.1) is 6.92 Å². The molecule has 0 atom stereocenters. The zero-order valence-corrected chi connectivity index (χ0v) is 7.05. The van der Waals surface area contributed by atoms with Crippen molar-refractivity contribution in [1.29, 1.82) is 0 Å². The monoisotopic (exact) mass is 199 g/mol. The maximum atomic E-state index is 10.2. The van der Waals surface area contributed by atoms with Gasteiger partial charge in [0.15, 0.2) is 6.29 Å². The number of rotatable bonds is 1. The summed E-state index contributed by atoms with van der Waals surface area (Å²) < 4.78 is 0.703. The lowest BCUT2D eigenvalue weighted by atomic mass is 10.2. The molecule has 1 heterocycles. The van der Waals surface area contributed by atoms with E-state index in [1.165, 1.54) is 0 Å². The summed E-state index contributed by atoms with van der Waals surface area (Å²) in [4.78, 5) is 14.1. The van der Waals surface area contributed by atoms with E-state index in [1.807, 2.05) is 13.0 Å². The van der Waals surface area contributed by atoms with Crippen LogP contribution in [0.15, 0.2) is 16.7 Å². The maximum absolute atomic E-state index is 10.2. The molecule has 1 aromatic rings. The third-order valence-electron chi connectivity index (χ3n) is 1.08. The van der Waals surface area contributed by atoms with Gasteiger partial charge in [-0.1, -0.05) is 0 Å². The lowest BCUT2D eigenvalue weighted by Crippen LogP contribution is -1.87. The summed E-state index contributed by atoms with van der Waals surface area (Å²) in [5, 5.41) is 0. The third-order valence-corrected chi connectivity index (χ3v) is 1.49. The summed E-state index contributed by atoms with van der Waals surface area (Å²) in [6.45, 7) is 1.92. The van der Waals surface area contributed by atoms with Crippen LogP contribution in [0.2, 0.25) is 0 Å². The molecule has 0 bridgehead atoms. The molecule has 3 heteroatoms. The van der Waals surface area contributed by atoms with Crippen molar-refractivity contribution in [2.45, 2.75) is 6.92 Å². The second-order valence-corrected chi connectivity index (χ2v) is 2.82. The van der Waals surface area contributed by atoms with E-state index >= 15 is 0 Å². The first-order chi connectivity index (χ1) is 4.72. The van der Waals surface area contributed by atoms with Gasteiger partial charge in [-0.2, -0.15) is 0 Å². The fourth-order valence-corrected chi connectivity index (χ4v) is 1.28. The first-order valence-electron chi connectivity index (χ1n) is 2.82. The van der Waals surface area contributed by atoms with Gasteiger partial charge in [0.25, 0.3) is 0 Å². The van der Waals surface area contributed by atoms with Crippen molar-refractivity contribution < 1.29 is 4.79 Å². The molecular weight excluding hydrogens is 194 g/mol. The second kappa shape index (κ2) is 2.92. The van der Waals surface area contributed by atoms with E-state index in [-0.39, 0.29) is 0 Å². The van der Waals surface area contributed by atoms with Gasteiger partial charge in [0, 0.05) is 0 Å². The highest BCUT2D eigenvalue weighted by atomic mass is 79.9. The van der Waals surface area contributed by atoms with Crippen LogP contribution < -0.4 is 0 Å². The lowest BCUT2D eigenvalue weighted by molar-refractivity contribution is 0.111. The molecule has 0 saturated heterocycles. The number of aldehydes is 1. The summed E-state index contributed by atoms with van der Waals surface area (Å²) >= 11 is 3.18. The highest BCUT2D eigenvalue weighted by Crippen LogP contribution is 2.08. The number of nitrogens with zero attached hydrogens (tertiary/aromatic N) is 1. The van der Waals surface area contributed by atoms with Crippen LogP contribution in [0.4, 0.5) is 0 Å². The highest BCUT2D eigenvalue weighted by Gasteiger charge is 1.94. The van der Waals surface area contributed by atoms with Gasteiger partial charge in [0.05, 0.1) is 0 Å². The Hall–Kier alpha value is -0.700. The smallest absolute Gasteiger partial charge is 0.168 e. The summed E-state index contributed by atoms with van der Waals surface area (Å²) in [7, 11) is 0. The Morgan fingerprint density at radius 2 is 2.30 bits per heavy atom. The Labute approximate surface area is 67.4 Å². The molecule has 0 N–H and O–H groups in total. The molecule has 0 aliphatic heterocycles. The molecule has 0 spiro atoms. The van der Waals surface area contributed by atoms with Crippen molar-refractivity contribution in [1.82, 2.24) is 4.98 Å². The minimum absolute atomic E-state index is 0.465. The SMILES string of the molecule is Cc1cc(Br)nc(C=O)c1. The quantitative estimate of drug-likeness (QED) is 0.512. The molecule has 0 saturated carbocycles. The number of carbonyl (C=O) groups excluding carboxylic acids is 1. The van der Waals surface area contributed by atoms with Gasteiger partial charge < -0.3 is 0 Å². The number of halogens is 1. The van der Waals surface area contributed by atoms with Gasteiger partial charge in [-0.15, -0.1) is 0 Å². The molecule has 2 nitrogen and oxygen atoms in total. The first-order valence-corrected chi connectivity index (χ1v) is 3.61. The molecule has 52 valence electrons. The van der Waals surface area contributed by atoms with E-state index in [4.69, 9.17) is 0 Å². The zero-order valence-electron chi connectivity index (χ0n) is 5.47. The van der Waals surface area contributed by atoms with Crippen LogP contribution in [-0.4, -0.2) is 11.3 Å². The molecule has 0 fully saturated rings. The molecule has 0 unspecified atom stereocenters. The molecular formula is C7H6BrNO. The number of aryl methyl sites for hydroxylation is 1. The van der Waals surface area contributed by atoms with Crippen molar-refractivity contribution in [3.05, 3.63) is 28.0 Å². The van der Waals surface area contributed by atoms with E-state index in [0.29, 0.717) is 10.3 Å². The Balaban J connectivity index is 3.18. The van der Waals surface area contributed by atoms with Crippen molar-refractivity contribution in [3.8, 4) is 0 Å². The molecule has 1 rings (SSSR count). The van der Waals surface area contributed by atoms with Crippen LogP contribution in [0.25, 0.3) is 0 Å². The van der Waals surface area contributed by atoms with Gasteiger partial charge in [-0.05, 0) is 40.5 Å². The van der Waals surface area contributed by atoms with E-state index < -0.39 is 0 Å². The highest BCUT2D eigenvalue weighted by molar-refractivity contribution is 9.10.